The Kier molecular flexibility index (Phi) is 2.49. The average Bonchev–Trinajstić information content (AvgIpc) is 1.97. The SMILES string of the molecule is Cc1cccc(C)c1OCO. The van der Waals surface area contributed by atoms with E-state index in [1.807, 2.05) is 32.0 Å². The van der Waals surface area contributed by atoms with Crippen LogP contribution in [0.3, 0.4) is 0 Å². The van der Waals surface area contributed by atoms with Gasteiger partial charge < -0.3 is 9.84 Å². The maximum Gasteiger partial charge on any atom is 0.186 e. The molecule has 0 bridgehead atoms. The number of para-hydroxylation sites is 1. The van der Waals surface area contributed by atoms with Crippen LogP contribution >= 0.6 is 0 Å². The predicted molar refractivity (Wildman–Crippen MR) is 43.6 cm³/mol. The van der Waals surface area contributed by atoms with Crippen LogP contribution in [0.5, 0.6) is 5.75 Å². The molecule has 1 aromatic rings. The lowest BCUT2D eigenvalue weighted by atomic mass is 10.1. The van der Waals surface area contributed by atoms with E-state index in [-0.39, 0.29) is 6.79 Å². The van der Waals surface area contributed by atoms with Gasteiger partial charge in [-0.1, -0.05) is 18.2 Å². The van der Waals surface area contributed by atoms with Crippen molar-refractivity contribution in [2.75, 3.05) is 6.79 Å². The highest BCUT2D eigenvalue weighted by atomic mass is 16.6. The largest absolute Gasteiger partial charge is 0.467 e. The van der Waals surface area contributed by atoms with Gasteiger partial charge in [0.25, 0.3) is 0 Å². The van der Waals surface area contributed by atoms with Gasteiger partial charge in [0.1, 0.15) is 5.75 Å². The first-order valence-corrected chi connectivity index (χ1v) is 3.55. The van der Waals surface area contributed by atoms with Gasteiger partial charge in [0.2, 0.25) is 0 Å². The standard InChI is InChI=1S/C9H12O2/c1-7-4-3-5-8(2)9(7)11-6-10/h3-5,10H,6H2,1-2H3. The third-order valence-corrected chi connectivity index (χ3v) is 1.62. The third kappa shape index (κ3) is 1.71. The second-order valence-corrected chi connectivity index (χ2v) is 2.49. The molecule has 0 saturated heterocycles. The fraction of sp³-hybridized carbons (Fsp3) is 0.333. The molecule has 1 N–H and O–H groups in total. The molecule has 60 valence electrons. The van der Waals surface area contributed by atoms with E-state index in [1.165, 1.54) is 0 Å². The molecule has 0 unspecified atom stereocenters. The summed E-state index contributed by atoms with van der Waals surface area (Å²) in [5.41, 5.74) is 2.11. The minimum atomic E-state index is -0.258. The summed E-state index contributed by atoms with van der Waals surface area (Å²) < 4.78 is 5.02. The molecular formula is C9H12O2. The van der Waals surface area contributed by atoms with E-state index in [1.54, 1.807) is 0 Å². The van der Waals surface area contributed by atoms with E-state index in [0.29, 0.717) is 0 Å². The number of hydrogen-bond acceptors (Lipinski definition) is 2. The zero-order valence-corrected chi connectivity index (χ0v) is 6.79. The van der Waals surface area contributed by atoms with E-state index in [0.717, 1.165) is 16.9 Å². The molecular weight excluding hydrogens is 140 g/mol. The van der Waals surface area contributed by atoms with Crippen molar-refractivity contribution >= 4 is 0 Å². The lowest BCUT2D eigenvalue weighted by Crippen LogP contribution is -1.98. The quantitative estimate of drug-likeness (QED) is 0.653. The van der Waals surface area contributed by atoms with Crippen LogP contribution < -0.4 is 4.74 Å². The number of aryl methyl sites for hydroxylation is 2. The van der Waals surface area contributed by atoms with Gasteiger partial charge in [0, 0.05) is 0 Å². The Morgan fingerprint density at radius 1 is 1.27 bits per heavy atom. The number of aliphatic hydroxyl groups is 1. The smallest absolute Gasteiger partial charge is 0.186 e. The van der Waals surface area contributed by atoms with Gasteiger partial charge in [-0.25, -0.2) is 0 Å². The summed E-state index contributed by atoms with van der Waals surface area (Å²) in [6.45, 7) is 3.65. The zero-order valence-electron chi connectivity index (χ0n) is 6.79. The van der Waals surface area contributed by atoms with Gasteiger partial charge in [0.05, 0.1) is 0 Å². The molecule has 11 heavy (non-hydrogen) atoms. The molecule has 0 aromatic heterocycles. The van der Waals surface area contributed by atoms with Crippen molar-refractivity contribution in [1.29, 1.82) is 0 Å². The van der Waals surface area contributed by atoms with Crippen molar-refractivity contribution in [3.05, 3.63) is 29.3 Å². The summed E-state index contributed by atoms with van der Waals surface area (Å²) in [7, 11) is 0. The van der Waals surface area contributed by atoms with Crippen molar-refractivity contribution in [1.82, 2.24) is 0 Å². The number of hydrogen-bond donors (Lipinski definition) is 1. The molecule has 0 spiro atoms. The molecule has 0 heterocycles. The Bertz CT molecular complexity index is 223. The molecule has 1 rings (SSSR count). The summed E-state index contributed by atoms with van der Waals surface area (Å²) in [6, 6.07) is 5.88. The summed E-state index contributed by atoms with van der Waals surface area (Å²) in [5, 5.41) is 8.55. The Hall–Kier alpha value is -1.02. The first-order valence-electron chi connectivity index (χ1n) is 3.55. The van der Waals surface area contributed by atoms with E-state index in [9.17, 15) is 0 Å². The molecule has 0 atom stereocenters. The highest BCUT2D eigenvalue weighted by Crippen LogP contribution is 2.21. The van der Waals surface area contributed by atoms with Gasteiger partial charge in [-0.2, -0.15) is 0 Å². The second kappa shape index (κ2) is 3.39. The number of ether oxygens (including phenoxy) is 1. The van der Waals surface area contributed by atoms with Crippen molar-refractivity contribution in [3.63, 3.8) is 0 Å². The van der Waals surface area contributed by atoms with Gasteiger partial charge in [-0.3, -0.25) is 0 Å². The molecule has 2 nitrogen and oxygen atoms in total. The normalized spacial score (nSPS) is 9.73. The molecule has 0 fully saturated rings. The second-order valence-electron chi connectivity index (χ2n) is 2.49. The number of aliphatic hydroxyl groups excluding tert-OH is 1. The Labute approximate surface area is 66.4 Å². The van der Waals surface area contributed by atoms with Gasteiger partial charge in [-0.05, 0) is 25.0 Å². The topological polar surface area (TPSA) is 29.5 Å². The molecule has 0 radical (unpaired) electrons. The highest BCUT2D eigenvalue weighted by molar-refractivity contribution is 5.39. The van der Waals surface area contributed by atoms with Crippen LogP contribution in [0.1, 0.15) is 11.1 Å². The fourth-order valence-electron chi connectivity index (χ4n) is 1.09. The summed E-state index contributed by atoms with van der Waals surface area (Å²) in [5.74, 6) is 0.787. The van der Waals surface area contributed by atoms with Crippen molar-refractivity contribution < 1.29 is 9.84 Å². The van der Waals surface area contributed by atoms with Gasteiger partial charge in [-0.15, -0.1) is 0 Å². The lowest BCUT2D eigenvalue weighted by Gasteiger charge is -2.08. The van der Waals surface area contributed by atoms with Crippen LogP contribution in [0, 0.1) is 13.8 Å². The van der Waals surface area contributed by atoms with Crippen LogP contribution in [0.2, 0.25) is 0 Å². The van der Waals surface area contributed by atoms with Gasteiger partial charge in [0.15, 0.2) is 6.79 Å². The van der Waals surface area contributed by atoms with E-state index < -0.39 is 0 Å². The lowest BCUT2D eigenvalue weighted by molar-refractivity contribution is 0.0971. The van der Waals surface area contributed by atoms with Crippen LogP contribution in [0.15, 0.2) is 18.2 Å². The van der Waals surface area contributed by atoms with E-state index in [2.05, 4.69) is 0 Å². The molecule has 0 aliphatic heterocycles. The monoisotopic (exact) mass is 152 g/mol. The molecule has 1 aromatic carbocycles. The molecule has 2 heteroatoms. The van der Waals surface area contributed by atoms with Crippen molar-refractivity contribution in [2.45, 2.75) is 13.8 Å². The minimum absolute atomic E-state index is 0.258. The van der Waals surface area contributed by atoms with Gasteiger partial charge >= 0.3 is 0 Å². The minimum Gasteiger partial charge on any atom is -0.467 e. The summed E-state index contributed by atoms with van der Waals surface area (Å²) in [4.78, 5) is 0. The molecule has 0 amide bonds. The van der Waals surface area contributed by atoms with Crippen LogP contribution in [-0.4, -0.2) is 11.9 Å². The molecule has 0 aliphatic carbocycles. The fourth-order valence-corrected chi connectivity index (χ4v) is 1.09. The first kappa shape index (κ1) is 8.08. The maximum absolute atomic E-state index is 8.55. The van der Waals surface area contributed by atoms with Crippen LogP contribution in [0.25, 0.3) is 0 Å². The van der Waals surface area contributed by atoms with Crippen molar-refractivity contribution in [2.24, 2.45) is 0 Å². The maximum atomic E-state index is 8.55. The highest BCUT2D eigenvalue weighted by Gasteiger charge is 2.00. The third-order valence-electron chi connectivity index (χ3n) is 1.62. The number of benzene rings is 1. The van der Waals surface area contributed by atoms with E-state index in [4.69, 9.17) is 9.84 Å². The van der Waals surface area contributed by atoms with E-state index >= 15 is 0 Å². The Morgan fingerprint density at radius 2 is 1.82 bits per heavy atom. The Morgan fingerprint density at radius 3 is 2.27 bits per heavy atom. The first-order chi connectivity index (χ1) is 5.25. The molecule has 0 aliphatic rings. The van der Waals surface area contributed by atoms with Crippen LogP contribution in [0.4, 0.5) is 0 Å². The number of rotatable bonds is 2. The average molecular weight is 152 g/mol. The summed E-state index contributed by atoms with van der Waals surface area (Å²) >= 11 is 0. The summed E-state index contributed by atoms with van der Waals surface area (Å²) in [6.07, 6.45) is 0. The van der Waals surface area contributed by atoms with Crippen LogP contribution in [-0.2, 0) is 0 Å². The Balaban J connectivity index is 3.00. The zero-order chi connectivity index (χ0) is 8.27. The molecule has 0 saturated carbocycles. The predicted octanol–water partition coefficient (Wildman–Crippen LogP) is 1.63. The van der Waals surface area contributed by atoms with Crippen molar-refractivity contribution in [3.8, 4) is 5.75 Å².